The van der Waals surface area contributed by atoms with Gasteiger partial charge in [0.1, 0.15) is 0 Å². The third-order valence-corrected chi connectivity index (χ3v) is 1.16. The van der Waals surface area contributed by atoms with Crippen molar-refractivity contribution in [2.75, 3.05) is 6.79 Å². The molecule has 1 aliphatic rings. The molecule has 2 nitrogen and oxygen atoms in total. The Morgan fingerprint density at radius 1 is 1.50 bits per heavy atom. The highest BCUT2D eigenvalue weighted by atomic mass is 16.7. The molecule has 0 spiro atoms. The highest BCUT2D eigenvalue weighted by molar-refractivity contribution is 5.23. The summed E-state index contributed by atoms with van der Waals surface area (Å²) in [4.78, 5) is 0. The fourth-order valence-electron chi connectivity index (χ4n) is 0.640. The summed E-state index contributed by atoms with van der Waals surface area (Å²) in [7, 11) is 0. The van der Waals surface area contributed by atoms with Crippen LogP contribution < -0.4 is 0 Å². The predicted octanol–water partition coefficient (Wildman–Crippen LogP) is 1.96. The van der Waals surface area contributed by atoms with E-state index in [0.717, 1.165) is 5.76 Å². The molecule has 0 aromatic rings. The van der Waals surface area contributed by atoms with Gasteiger partial charge in [0.25, 0.3) is 0 Å². The molecule has 0 aliphatic carbocycles. The summed E-state index contributed by atoms with van der Waals surface area (Å²) in [5.74, 6) is 1.33. The topological polar surface area (TPSA) is 18.5 Å². The molecule has 0 saturated carbocycles. The van der Waals surface area contributed by atoms with Crippen LogP contribution in [0.2, 0.25) is 0 Å². The van der Waals surface area contributed by atoms with Crippen LogP contribution in [0.1, 0.15) is 6.92 Å². The first-order chi connectivity index (χ1) is 4.84. The number of hydrogen-bond acceptors (Lipinski definition) is 2. The molecule has 1 heterocycles. The van der Waals surface area contributed by atoms with Gasteiger partial charge < -0.3 is 9.47 Å². The minimum absolute atomic E-state index is 0.294. The molecule has 0 atom stereocenters. The van der Waals surface area contributed by atoms with E-state index in [1.807, 2.05) is 25.2 Å². The number of ether oxygens (including phenoxy) is 2. The lowest BCUT2D eigenvalue weighted by molar-refractivity contribution is 0.0980. The van der Waals surface area contributed by atoms with E-state index < -0.39 is 0 Å². The van der Waals surface area contributed by atoms with Crippen LogP contribution >= 0.6 is 0 Å². The van der Waals surface area contributed by atoms with Gasteiger partial charge in [0.15, 0.2) is 11.5 Å². The molecule has 0 radical (unpaired) electrons. The van der Waals surface area contributed by atoms with E-state index in [0.29, 0.717) is 12.6 Å². The van der Waals surface area contributed by atoms with Gasteiger partial charge in [0.05, 0.1) is 0 Å². The molecule has 1 saturated heterocycles. The molecule has 10 heavy (non-hydrogen) atoms. The number of allylic oxidation sites excluding steroid dienone is 3. The van der Waals surface area contributed by atoms with Crippen molar-refractivity contribution in [2.24, 2.45) is 0 Å². The first-order valence-corrected chi connectivity index (χ1v) is 3.12. The van der Waals surface area contributed by atoms with Crippen molar-refractivity contribution in [1.29, 1.82) is 0 Å². The predicted molar refractivity (Wildman–Crippen MR) is 39.1 cm³/mol. The van der Waals surface area contributed by atoms with Crippen molar-refractivity contribution in [3.05, 3.63) is 36.3 Å². The Labute approximate surface area is 60.4 Å². The molecule has 0 bridgehead atoms. The van der Waals surface area contributed by atoms with Gasteiger partial charge >= 0.3 is 0 Å². The van der Waals surface area contributed by atoms with Crippen LogP contribution in [0.25, 0.3) is 0 Å². The van der Waals surface area contributed by atoms with E-state index in [4.69, 9.17) is 9.47 Å². The summed E-state index contributed by atoms with van der Waals surface area (Å²) in [6.07, 6.45) is 5.63. The second kappa shape index (κ2) is 3.11. The van der Waals surface area contributed by atoms with E-state index in [-0.39, 0.29) is 0 Å². The molecule has 2 heteroatoms. The fourth-order valence-corrected chi connectivity index (χ4v) is 0.640. The highest BCUT2D eigenvalue weighted by Gasteiger charge is 2.11. The quantitative estimate of drug-likeness (QED) is 0.551. The standard InChI is InChI=1S/C8H10O2/c1-3-4-5-8-7(2)9-6-10-8/h3-5H,2,6H2,1H3/b4-3-,8-5+. The normalized spacial score (nSPS) is 21.7. The van der Waals surface area contributed by atoms with Crippen LogP contribution in [-0.2, 0) is 9.47 Å². The Bertz CT molecular complexity index is 189. The Morgan fingerprint density at radius 3 is 2.80 bits per heavy atom. The molecule has 1 rings (SSSR count). The summed E-state index contributed by atoms with van der Waals surface area (Å²) in [5, 5.41) is 0. The zero-order valence-electron chi connectivity index (χ0n) is 5.96. The average Bonchev–Trinajstić information content (AvgIpc) is 2.31. The maximum absolute atomic E-state index is 5.06. The minimum Gasteiger partial charge on any atom is -0.454 e. The first kappa shape index (κ1) is 6.93. The smallest absolute Gasteiger partial charge is 0.231 e. The Kier molecular flexibility index (Phi) is 2.15. The van der Waals surface area contributed by atoms with Crippen LogP contribution in [0.4, 0.5) is 0 Å². The van der Waals surface area contributed by atoms with Crippen molar-refractivity contribution in [3.8, 4) is 0 Å². The molecular weight excluding hydrogens is 128 g/mol. The highest BCUT2D eigenvalue weighted by Crippen LogP contribution is 2.18. The third-order valence-electron chi connectivity index (χ3n) is 1.16. The maximum Gasteiger partial charge on any atom is 0.231 e. The van der Waals surface area contributed by atoms with E-state index in [2.05, 4.69) is 6.58 Å². The molecule has 1 fully saturated rings. The Morgan fingerprint density at radius 2 is 2.30 bits per heavy atom. The minimum atomic E-state index is 0.294. The number of rotatable bonds is 1. The van der Waals surface area contributed by atoms with Crippen molar-refractivity contribution >= 4 is 0 Å². The largest absolute Gasteiger partial charge is 0.454 e. The monoisotopic (exact) mass is 138 g/mol. The number of hydrogen-bond donors (Lipinski definition) is 0. The molecule has 0 unspecified atom stereocenters. The van der Waals surface area contributed by atoms with Crippen LogP contribution in [0, 0.1) is 0 Å². The van der Waals surface area contributed by atoms with E-state index in [9.17, 15) is 0 Å². The summed E-state index contributed by atoms with van der Waals surface area (Å²) >= 11 is 0. The first-order valence-electron chi connectivity index (χ1n) is 3.12. The SMILES string of the molecule is C=C1OCO/C1=C/C=C\C. The Hall–Kier alpha value is -1.18. The molecule has 0 aromatic heterocycles. The second-order valence-electron chi connectivity index (χ2n) is 1.89. The molecule has 0 amide bonds. The van der Waals surface area contributed by atoms with Crippen molar-refractivity contribution in [2.45, 2.75) is 6.92 Å². The zero-order chi connectivity index (χ0) is 7.40. The lowest BCUT2D eigenvalue weighted by atomic mass is 10.4. The van der Waals surface area contributed by atoms with E-state index in [1.165, 1.54) is 0 Å². The third kappa shape index (κ3) is 1.41. The molecule has 0 N–H and O–H groups in total. The molecular formula is C8H10O2. The van der Waals surface area contributed by atoms with Crippen LogP contribution in [0.5, 0.6) is 0 Å². The van der Waals surface area contributed by atoms with Gasteiger partial charge in [0, 0.05) is 0 Å². The average molecular weight is 138 g/mol. The van der Waals surface area contributed by atoms with Gasteiger partial charge in [-0.3, -0.25) is 0 Å². The van der Waals surface area contributed by atoms with Gasteiger partial charge in [-0.2, -0.15) is 0 Å². The fraction of sp³-hybridized carbons (Fsp3) is 0.250. The van der Waals surface area contributed by atoms with Gasteiger partial charge in [-0.15, -0.1) is 0 Å². The summed E-state index contributed by atoms with van der Waals surface area (Å²) in [6, 6.07) is 0. The summed E-state index contributed by atoms with van der Waals surface area (Å²) in [5.41, 5.74) is 0. The lowest BCUT2D eigenvalue weighted by Crippen LogP contribution is -1.77. The van der Waals surface area contributed by atoms with Gasteiger partial charge in [-0.05, 0) is 13.0 Å². The maximum atomic E-state index is 5.06. The van der Waals surface area contributed by atoms with Gasteiger partial charge in [-0.25, -0.2) is 0 Å². The van der Waals surface area contributed by atoms with Crippen LogP contribution in [-0.4, -0.2) is 6.79 Å². The molecule has 1 aliphatic heterocycles. The summed E-state index contributed by atoms with van der Waals surface area (Å²) < 4.78 is 10.00. The van der Waals surface area contributed by atoms with Gasteiger partial charge in [0.2, 0.25) is 6.79 Å². The zero-order valence-corrected chi connectivity index (χ0v) is 5.96. The lowest BCUT2D eigenvalue weighted by Gasteiger charge is -1.89. The molecule has 54 valence electrons. The van der Waals surface area contributed by atoms with E-state index in [1.54, 1.807) is 0 Å². The van der Waals surface area contributed by atoms with Crippen molar-refractivity contribution < 1.29 is 9.47 Å². The van der Waals surface area contributed by atoms with Crippen molar-refractivity contribution in [1.82, 2.24) is 0 Å². The van der Waals surface area contributed by atoms with E-state index >= 15 is 0 Å². The Balaban J connectivity index is 2.62. The van der Waals surface area contributed by atoms with Gasteiger partial charge in [-0.1, -0.05) is 18.7 Å². The van der Waals surface area contributed by atoms with Crippen LogP contribution in [0.3, 0.4) is 0 Å². The second-order valence-corrected chi connectivity index (χ2v) is 1.89. The summed E-state index contributed by atoms with van der Waals surface area (Å²) in [6.45, 7) is 5.87. The van der Waals surface area contributed by atoms with Crippen molar-refractivity contribution in [3.63, 3.8) is 0 Å². The van der Waals surface area contributed by atoms with Crippen LogP contribution in [0.15, 0.2) is 36.3 Å². The molecule has 0 aromatic carbocycles.